The van der Waals surface area contributed by atoms with E-state index in [0.29, 0.717) is 17.7 Å². The van der Waals surface area contributed by atoms with Crippen molar-refractivity contribution in [2.45, 2.75) is 19.9 Å². The lowest BCUT2D eigenvalue weighted by atomic mass is 10.0. The molecule has 5 nitrogen and oxygen atoms in total. The Kier molecular flexibility index (Phi) is 3.98. The number of piperazine rings is 1. The van der Waals surface area contributed by atoms with E-state index in [-0.39, 0.29) is 0 Å². The molecule has 1 aromatic heterocycles. The zero-order chi connectivity index (χ0) is 15.7. The third kappa shape index (κ3) is 2.76. The van der Waals surface area contributed by atoms with Crippen molar-refractivity contribution in [2.75, 3.05) is 24.5 Å². The van der Waals surface area contributed by atoms with Crippen LogP contribution < -0.4 is 16.0 Å². The molecule has 116 valence electrons. The van der Waals surface area contributed by atoms with E-state index in [9.17, 15) is 4.79 Å². The topological polar surface area (TPSA) is 71.2 Å². The van der Waals surface area contributed by atoms with Crippen molar-refractivity contribution in [1.29, 1.82) is 0 Å². The van der Waals surface area contributed by atoms with Crippen LogP contribution in [0.1, 0.15) is 24.3 Å². The molecule has 0 saturated carbocycles. The number of anilines is 1. The van der Waals surface area contributed by atoms with E-state index >= 15 is 0 Å². The Bertz CT molecular complexity index is 698. The zero-order valence-electron chi connectivity index (χ0n) is 13.0. The highest BCUT2D eigenvalue weighted by Gasteiger charge is 2.24. The Morgan fingerprint density at radius 2 is 2.18 bits per heavy atom. The summed E-state index contributed by atoms with van der Waals surface area (Å²) in [6.45, 7) is 7.21. The number of hydrogen-bond acceptors (Lipinski definition) is 4. The highest BCUT2D eigenvalue weighted by molar-refractivity contribution is 5.99. The average molecular weight is 298 g/mol. The standard InChI is InChI=1S/C17H22N4O/c1-11(2)15-10-21(8-7-19-15)16-9-14(17(18)22)20-13-6-4-3-5-12(13)16/h3-6,9,11,15,19H,7-8,10H2,1-2H3,(H2,18,22)/t15-/m0/s1. The predicted octanol–water partition coefficient (Wildman–Crippen LogP) is 1.77. The van der Waals surface area contributed by atoms with Gasteiger partial charge < -0.3 is 16.0 Å². The summed E-state index contributed by atoms with van der Waals surface area (Å²) in [5.41, 5.74) is 7.63. The van der Waals surface area contributed by atoms with E-state index < -0.39 is 5.91 Å². The maximum atomic E-state index is 11.6. The number of hydrogen-bond donors (Lipinski definition) is 2. The molecule has 22 heavy (non-hydrogen) atoms. The van der Waals surface area contributed by atoms with Gasteiger partial charge in [0.2, 0.25) is 0 Å². The normalized spacial score (nSPS) is 18.9. The van der Waals surface area contributed by atoms with Crippen LogP contribution in [-0.4, -0.2) is 36.6 Å². The quantitative estimate of drug-likeness (QED) is 0.906. The maximum absolute atomic E-state index is 11.6. The van der Waals surface area contributed by atoms with Crippen LogP contribution in [0.4, 0.5) is 5.69 Å². The van der Waals surface area contributed by atoms with Gasteiger partial charge >= 0.3 is 0 Å². The van der Waals surface area contributed by atoms with Gasteiger partial charge in [0.05, 0.1) is 5.52 Å². The Morgan fingerprint density at radius 3 is 2.91 bits per heavy atom. The number of aromatic nitrogens is 1. The molecular weight excluding hydrogens is 276 g/mol. The first-order valence-corrected chi connectivity index (χ1v) is 7.74. The fourth-order valence-corrected chi connectivity index (χ4v) is 2.99. The van der Waals surface area contributed by atoms with Crippen LogP contribution in [0.2, 0.25) is 0 Å². The molecule has 2 aromatic rings. The van der Waals surface area contributed by atoms with E-state index in [1.165, 1.54) is 0 Å². The van der Waals surface area contributed by atoms with Gasteiger partial charge in [0.1, 0.15) is 5.69 Å². The number of carbonyl (C=O) groups excluding carboxylic acids is 1. The van der Waals surface area contributed by atoms with Gasteiger partial charge in [-0.15, -0.1) is 0 Å². The Labute approximate surface area is 130 Å². The predicted molar refractivity (Wildman–Crippen MR) is 89.1 cm³/mol. The molecule has 1 aliphatic heterocycles. The number of carbonyl (C=O) groups is 1. The average Bonchev–Trinajstić information content (AvgIpc) is 2.53. The summed E-state index contributed by atoms with van der Waals surface area (Å²) in [7, 11) is 0. The minimum atomic E-state index is -0.484. The van der Waals surface area contributed by atoms with Gasteiger partial charge in [0.15, 0.2) is 0 Å². The lowest BCUT2D eigenvalue weighted by Crippen LogP contribution is -2.53. The van der Waals surface area contributed by atoms with Crippen molar-refractivity contribution in [2.24, 2.45) is 11.7 Å². The summed E-state index contributed by atoms with van der Waals surface area (Å²) in [6.07, 6.45) is 0. The number of rotatable bonds is 3. The number of nitrogens with two attached hydrogens (primary N) is 1. The number of para-hydroxylation sites is 1. The second-order valence-electron chi connectivity index (χ2n) is 6.16. The van der Waals surface area contributed by atoms with Crippen LogP contribution in [0.3, 0.4) is 0 Å². The van der Waals surface area contributed by atoms with E-state index in [1.54, 1.807) is 0 Å². The largest absolute Gasteiger partial charge is 0.368 e. The fraction of sp³-hybridized carbons (Fsp3) is 0.412. The molecule has 0 spiro atoms. The van der Waals surface area contributed by atoms with Crippen LogP contribution in [0.25, 0.3) is 10.9 Å². The summed E-state index contributed by atoms with van der Waals surface area (Å²) < 4.78 is 0. The van der Waals surface area contributed by atoms with Gasteiger partial charge in [0, 0.05) is 36.7 Å². The highest BCUT2D eigenvalue weighted by Crippen LogP contribution is 2.28. The van der Waals surface area contributed by atoms with Crippen molar-refractivity contribution in [3.63, 3.8) is 0 Å². The number of amides is 1. The second kappa shape index (κ2) is 5.93. The summed E-state index contributed by atoms with van der Waals surface area (Å²) in [6, 6.07) is 10.2. The molecule has 0 radical (unpaired) electrons. The third-order valence-electron chi connectivity index (χ3n) is 4.30. The molecule has 1 aliphatic rings. The molecule has 3 rings (SSSR count). The van der Waals surface area contributed by atoms with E-state index in [2.05, 4.69) is 35.1 Å². The molecule has 0 unspecified atom stereocenters. The Morgan fingerprint density at radius 1 is 1.41 bits per heavy atom. The third-order valence-corrected chi connectivity index (χ3v) is 4.30. The van der Waals surface area contributed by atoms with Crippen LogP contribution in [0.15, 0.2) is 30.3 Å². The minimum absolute atomic E-state index is 0.327. The highest BCUT2D eigenvalue weighted by atomic mass is 16.1. The smallest absolute Gasteiger partial charge is 0.267 e. The molecule has 1 aromatic carbocycles. The van der Waals surface area contributed by atoms with Crippen LogP contribution in [0.5, 0.6) is 0 Å². The van der Waals surface area contributed by atoms with Crippen molar-refractivity contribution in [3.8, 4) is 0 Å². The molecule has 1 amide bonds. The number of nitrogens with one attached hydrogen (secondary N) is 1. The first-order valence-electron chi connectivity index (χ1n) is 7.74. The van der Waals surface area contributed by atoms with Gasteiger partial charge in [-0.2, -0.15) is 0 Å². The van der Waals surface area contributed by atoms with Crippen molar-refractivity contribution in [1.82, 2.24) is 10.3 Å². The molecular formula is C17H22N4O. The number of pyridine rings is 1. The molecule has 1 fully saturated rings. The van der Waals surface area contributed by atoms with Crippen molar-refractivity contribution in [3.05, 3.63) is 36.0 Å². The van der Waals surface area contributed by atoms with E-state index in [4.69, 9.17) is 5.73 Å². The summed E-state index contributed by atoms with van der Waals surface area (Å²) in [5, 5.41) is 4.62. The molecule has 0 aliphatic carbocycles. The molecule has 3 N–H and O–H groups in total. The van der Waals surface area contributed by atoms with Crippen molar-refractivity contribution >= 4 is 22.5 Å². The Balaban J connectivity index is 2.06. The molecule has 1 saturated heterocycles. The van der Waals surface area contributed by atoms with Gasteiger partial charge in [0.25, 0.3) is 5.91 Å². The van der Waals surface area contributed by atoms with E-state index in [1.807, 2.05) is 24.3 Å². The fourth-order valence-electron chi connectivity index (χ4n) is 2.99. The van der Waals surface area contributed by atoms with Crippen LogP contribution in [-0.2, 0) is 0 Å². The number of primary amides is 1. The first kappa shape index (κ1) is 14.8. The second-order valence-corrected chi connectivity index (χ2v) is 6.16. The Hall–Kier alpha value is -2.14. The van der Waals surface area contributed by atoms with Gasteiger partial charge in [-0.25, -0.2) is 4.98 Å². The van der Waals surface area contributed by atoms with Crippen LogP contribution in [0, 0.1) is 5.92 Å². The molecule has 2 heterocycles. The molecule has 1 atom stereocenters. The lowest BCUT2D eigenvalue weighted by molar-refractivity contribution is 0.0996. The maximum Gasteiger partial charge on any atom is 0.267 e. The van der Waals surface area contributed by atoms with Crippen LogP contribution >= 0.6 is 0 Å². The summed E-state index contributed by atoms with van der Waals surface area (Å²) in [4.78, 5) is 18.3. The lowest BCUT2D eigenvalue weighted by Gasteiger charge is -2.37. The monoisotopic (exact) mass is 298 g/mol. The molecule has 0 bridgehead atoms. The number of fused-ring (bicyclic) bond motifs is 1. The van der Waals surface area contributed by atoms with Gasteiger partial charge in [-0.3, -0.25) is 4.79 Å². The van der Waals surface area contributed by atoms with E-state index in [0.717, 1.165) is 36.2 Å². The SMILES string of the molecule is CC(C)[C@@H]1CN(c2cc(C(N)=O)nc3ccccc23)CCN1. The van der Waals surface area contributed by atoms with Gasteiger partial charge in [-0.1, -0.05) is 32.0 Å². The summed E-state index contributed by atoms with van der Waals surface area (Å²) >= 11 is 0. The summed E-state index contributed by atoms with van der Waals surface area (Å²) in [5.74, 6) is 0.0778. The number of nitrogens with zero attached hydrogens (tertiary/aromatic N) is 2. The number of benzene rings is 1. The van der Waals surface area contributed by atoms with Gasteiger partial charge in [-0.05, 0) is 18.1 Å². The first-order chi connectivity index (χ1) is 10.6. The molecule has 5 heteroatoms. The van der Waals surface area contributed by atoms with Crippen molar-refractivity contribution < 1.29 is 4.79 Å². The zero-order valence-corrected chi connectivity index (χ0v) is 13.0. The minimum Gasteiger partial charge on any atom is -0.368 e.